The van der Waals surface area contributed by atoms with Gasteiger partial charge in [0.15, 0.2) is 5.11 Å². The minimum atomic E-state index is -0.0378. The van der Waals surface area contributed by atoms with Crippen molar-refractivity contribution in [3.63, 3.8) is 0 Å². The number of hydrogen-bond donors (Lipinski definition) is 1. The van der Waals surface area contributed by atoms with Gasteiger partial charge >= 0.3 is 0 Å². The predicted molar refractivity (Wildman–Crippen MR) is 123 cm³/mol. The summed E-state index contributed by atoms with van der Waals surface area (Å²) in [6, 6.07) is 18.3. The number of methoxy groups -OCH3 is 1. The van der Waals surface area contributed by atoms with Crippen LogP contribution < -0.4 is 10.1 Å². The van der Waals surface area contributed by atoms with Gasteiger partial charge in [-0.15, -0.1) is 0 Å². The van der Waals surface area contributed by atoms with Gasteiger partial charge in [0, 0.05) is 31.2 Å². The Morgan fingerprint density at radius 2 is 1.90 bits per heavy atom. The molecule has 3 aromatic rings. The summed E-state index contributed by atoms with van der Waals surface area (Å²) in [5.74, 6) is 0.831. The number of nitrogens with zero attached hydrogens (tertiary/aromatic N) is 4. The summed E-state index contributed by atoms with van der Waals surface area (Å²) in [6.45, 7) is 1.73. The Bertz CT molecular complexity index is 1000. The van der Waals surface area contributed by atoms with Crippen LogP contribution in [0.15, 0.2) is 67.0 Å². The van der Waals surface area contributed by atoms with E-state index in [-0.39, 0.29) is 12.1 Å². The fourth-order valence-corrected chi connectivity index (χ4v) is 4.29. The fraction of sp³-hybridized carbons (Fsp3) is 0.304. The molecule has 1 aromatic carbocycles. The molecule has 7 heteroatoms. The van der Waals surface area contributed by atoms with E-state index in [0.717, 1.165) is 41.0 Å². The van der Waals surface area contributed by atoms with Gasteiger partial charge in [0.05, 0.1) is 30.6 Å². The van der Waals surface area contributed by atoms with Crippen LogP contribution in [0.2, 0.25) is 0 Å². The molecule has 1 saturated heterocycles. The number of benzene rings is 1. The topological polar surface area (TPSA) is 45.6 Å². The highest BCUT2D eigenvalue weighted by Gasteiger charge is 2.41. The number of para-hydroxylation sites is 2. The first-order chi connectivity index (χ1) is 14.6. The Morgan fingerprint density at radius 1 is 1.10 bits per heavy atom. The highest BCUT2D eigenvalue weighted by Crippen LogP contribution is 2.40. The van der Waals surface area contributed by atoms with Gasteiger partial charge in [0.2, 0.25) is 0 Å². The van der Waals surface area contributed by atoms with Crippen molar-refractivity contribution >= 4 is 17.3 Å². The maximum atomic E-state index is 5.76. The summed E-state index contributed by atoms with van der Waals surface area (Å²) in [4.78, 5) is 9.08. The molecular weight excluding hydrogens is 394 g/mol. The Labute approximate surface area is 183 Å². The molecule has 1 fully saturated rings. The van der Waals surface area contributed by atoms with E-state index in [1.807, 2.05) is 36.5 Å². The van der Waals surface area contributed by atoms with Gasteiger partial charge in [0.25, 0.3) is 0 Å². The summed E-state index contributed by atoms with van der Waals surface area (Å²) in [5, 5.41) is 4.28. The molecule has 6 nitrogen and oxygen atoms in total. The molecule has 1 aliphatic rings. The lowest BCUT2D eigenvalue weighted by Gasteiger charge is -2.30. The number of hydrogen-bond acceptors (Lipinski definition) is 4. The molecule has 4 rings (SSSR count). The van der Waals surface area contributed by atoms with Gasteiger partial charge in [-0.25, -0.2) is 0 Å². The third-order valence-electron chi connectivity index (χ3n) is 5.41. The number of thiocarbonyl (C=S) groups is 1. The maximum absolute atomic E-state index is 5.76. The first-order valence-electron chi connectivity index (χ1n) is 10.0. The van der Waals surface area contributed by atoms with Gasteiger partial charge < -0.3 is 24.4 Å². The number of nitrogens with one attached hydrogen (secondary N) is 1. The SMILES string of the molecule is COc1ccccc1-n1cccc1[C@@H]1[C@@H](c2ccccn2)NC(=S)N1CCN(C)C. The Kier molecular flexibility index (Phi) is 6.01. The predicted octanol–water partition coefficient (Wildman–Crippen LogP) is 3.42. The second-order valence-corrected chi connectivity index (χ2v) is 7.98. The number of aromatic nitrogens is 2. The highest BCUT2D eigenvalue weighted by molar-refractivity contribution is 7.80. The second-order valence-electron chi connectivity index (χ2n) is 7.60. The zero-order chi connectivity index (χ0) is 21.1. The molecule has 3 heterocycles. The minimum absolute atomic E-state index is 0.00672. The number of pyridine rings is 1. The quantitative estimate of drug-likeness (QED) is 0.590. The van der Waals surface area contributed by atoms with E-state index in [1.54, 1.807) is 7.11 Å². The number of ether oxygens (including phenoxy) is 1. The summed E-state index contributed by atoms with van der Waals surface area (Å²) in [6.07, 6.45) is 3.91. The van der Waals surface area contributed by atoms with Crippen molar-refractivity contribution in [2.45, 2.75) is 12.1 Å². The van der Waals surface area contributed by atoms with Crippen molar-refractivity contribution in [1.82, 2.24) is 24.7 Å². The van der Waals surface area contributed by atoms with Crippen LogP contribution in [0.1, 0.15) is 23.5 Å². The molecule has 2 aromatic heterocycles. The van der Waals surface area contributed by atoms with E-state index in [9.17, 15) is 0 Å². The zero-order valence-corrected chi connectivity index (χ0v) is 18.3. The number of likely N-dealkylation sites (N-methyl/N-ethyl adjacent to an activating group) is 1. The first kappa shape index (κ1) is 20.4. The molecule has 1 N–H and O–H groups in total. The van der Waals surface area contributed by atoms with E-state index >= 15 is 0 Å². The Balaban J connectivity index is 1.80. The molecule has 0 aliphatic carbocycles. The van der Waals surface area contributed by atoms with Gasteiger partial charge in [-0.2, -0.15) is 0 Å². The van der Waals surface area contributed by atoms with Crippen molar-refractivity contribution in [3.8, 4) is 11.4 Å². The van der Waals surface area contributed by atoms with Crippen LogP contribution in [0.5, 0.6) is 5.75 Å². The van der Waals surface area contributed by atoms with E-state index in [4.69, 9.17) is 17.0 Å². The van der Waals surface area contributed by atoms with Crippen LogP contribution in [-0.2, 0) is 0 Å². The number of rotatable bonds is 7. The molecule has 0 bridgehead atoms. The van der Waals surface area contributed by atoms with E-state index < -0.39 is 0 Å². The van der Waals surface area contributed by atoms with E-state index in [0.29, 0.717) is 0 Å². The van der Waals surface area contributed by atoms with E-state index in [2.05, 4.69) is 69.2 Å². The summed E-state index contributed by atoms with van der Waals surface area (Å²) < 4.78 is 7.82. The van der Waals surface area contributed by atoms with Crippen molar-refractivity contribution in [3.05, 3.63) is 78.4 Å². The summed E-state index contributed by atoms with van der Waals surface area (Å²) in [5.41, 5.74) is 3.12. The van der Waals surface area contributed by atoms with Gasteiger partial charge in [-0.1, -0.05) is 18.2 Å². The standard InChI is InChI=1S/C23H27N5OS/c1-26(2)15-16-28-22(21(25-23(28)30)17-9-6-7-13-24-17)19-11-8-14-27(19)18-10-4-5-12-20(18)29-3/h4-14,21-22H,15-16H2,1-3H3,(H,25,30)/t21-,22-/m1/s1. The second kappa shape index (κ2) is 8.85. The van der Waals surface area contributed by atoms with Gasteiger partial charge in [-0.05, 0) is 62.7 Å². The lowest BCUT2D eigenvalue weighted by molar-refractivity contribution is 0.272. The smallest absolute Gasteiger partial charge is 0.170 e. The van der Waals surface area contributed by atoms with Crippen LogP contribution in [0.25, 0.3) is 5.69 Å². The third-order valence-corrected chi connectivity index (χ3v) is 5.77. The molecular formula is C23H27N5OS. The normalized spacial score (nSPS) is 18.7. The monoisotopic (exact) mass is 421 g/mol. The third kappa shape index (κ3) is 3.91. The average molecular weight is 422 g/mol. The van der Waals surface area contributed by atoms with Crippen LogP contribution in [-0.4, -0.2) is 58.8 Å². The van der Waals surface area contributed by atoms with Gasteiger partial charge in [-0.3, -0.25) is 4.98 Å². The van der Waals surface area contributed by atoms with Crippen LogP contribution in [0, 0.1) is 0 Å². The molecule has 2 atom stereocenters. The lowest BCUT2D eigenvalue weighted by Crippen LogP contribution is -2.36. The molecule has 156 valence electrons. The Hall–Kier alpha value is -2.90. The van der Waals surface area contributed by atoms with E-state index in [1.165, 1.54) is 0 Å². The van der Waals surface area contributed by atoms with Crippen molar-refractivity contribution in [2.24, 2.45) is 0 Å². The Morgan fingerprint density at radius 3 is 2.63 bits per heavy atom. The average Bonchev–Trinajstić information content (AvgIpc) is 3.36. The lowest BCUT2D eigenvalue weighted by atomic mass is 10.0. The summed E-state index contributed by atoms with van der Waals surface area (Å²) in [7, 11) is 5.86. The van der Waals surface area contributed by atoms with Crippen LogP contribution >= 0.6 is 12.2 Å². The minimum Gasteiger partial charge on any atom is -0.495 e. The van der Waals surface area contributed by atoms with Crippen molar-refractivity contribution in [2.75, 3.05) is 34.3 Å². The van der Waals surface area contributed by atoms with Gasteiger partial charge in [0.1, 0.15) is 5.75 Å². The summed E-state index contributed by atoms with van der Waals surface area (Å²) >= 11 is 5.76. The van der Waals surface area contributed by atoms with Crippen molar-refractivity contribution < 1.29 is 4.74 Å². The maximum Gasteiger partial charge on any atom is 0.170 e. The van der Waals surface area contributed by atoms with Crippen LogP contribution in [0.3, 0.4) is 0 Å². The molecule has 0 radical (unpaired) electrons. The highest BCUT2D eigenvalue weighted by atomic mass is 32.1. The molecule has 0 spiro atoms. The molecule has 30 heavy (non-hydrogen) atoms. The molecule has 0 amide bonds. The molecule has 0 saturated carbocycles. The molecule has 1 aliphatic heterocycles. The van der Waals surface area contributed by atoms with Crippen molar-refractivity contribution in [1.29, 1.82) is 0 Å². The zero-order valence-electron chi connectivity index (χ0n) is 17.5. The first-order valence-corrected chi connectivity index (χ1v) is 10.4. The van der Waals surface area contributed by atoms with Crippen LogP contribution in [0.4, 0.5) is 0 Å². The molecule has 0 unspecified atom stereocenters. The fourth-order valence-electron chi connectivity index (χ4n) is 3.96. The largest absolute Gasteiger partial charge is 0.495 e.